The third-order valence-electron chi connectivity index (χ3n) is 13.5. The van der Waals surface area contributed by atoms with Gasteiger partial charge in [-0.1, -0.05) is 214 Å². The molecule has 0 atom stereocenters. The fourth-order valence-corrected chi connectivity index (χ4v) is 11.6. The minimum Gasteiger partial charge on any atom is -0.309 e. The van der Waals surface area contributed by atoms with Crippen molar-refractivity contribution in [3.63, 3.8) is 0 Å². The molecule has 0 aliphatic heterocycles. The largest absolute Gasteiger partial charge is 0.309 e. The summed E-state index contributed by atoms with van der Waals surface area (Å²) >= 11 is 1.86. The Morgan fingerprint density at radius 2 is 0.769 bits per heavy atom. The molecule has 1 aliphatic rings. The van der Waals surface area contributed by atoms with E-state index in [4.69, 9.17) is 0 Å². The lowest BCUT2D eigenvalue weighted by atomic mass is 9.82. The highest BCUT2D eigenvalue weighted by atomic mass is 32.1. The van der Waals surface area contributed by atoms with Crippen LogP contribution in [0.1, 0.15) is 25.0 Å². The van der Waals surface area contributed by atoms with Crippen molar-refractivity contribution in [1.29, 1.82) is 0 Å². The smallest absolute Gasteiger partial charge is 0.0540 e. The van der Waals surface area contributed by atoms with Crippen molar-refractivity contribution in [2.24, 2.45) is 0 Å². The van der Waals surface area contributed by atoms with Gasteiger partial charge < -0.3 is 4.90 Å². The van der Waals surface area contributed by atoms with Crippen LogP contribution in [0, 0.1) is 0 Å². The first kappa shape index (κ1) is 38.9. The van der Waals surface area contributed by atoms with Gasteiger partial charge in [-0.25, -0.2) is 0 Å². The van der Waals surface area contributed by atoms with E-state index in [2.05, 4.69) is 255 Å². The molecule has 1 nitrogen and oxygen atoms in total. The van der Waals surface area contributed by atoms with Crippen LogP contribution in [0.2, 0.25) is 0 Å². The molecule has 0 N–H and O–H groups in total. The van der Waals surface area contributed by atoms with E-state index >= 15 is 0 Å². The van der Waals surface area contributed by atoms with Gasteiger partial charge in [0.15, 0.2) is 0 Å². The van der Waals surface area contributed by atoms with Gasteiger partial charge in [0.25, 0.3) is 0 Å². The number of anilines is 3. The van der Waals surface area contributed by atoms with Gasteiger partial charge in [-0.2, -0.15) is 0 Å². The van der Waals surface area contributed by atoms with Crippen LogP contribution in [-0.4, -0.2) is 0 Å². The number of hydrogen-bond donors (Lipinski definition) is 0. The van der Waals surface area contributed by atoms with Gasteiger partial charge in [0.05, 0.1) is 17.1 Å². The highest BCUT2D eigenvalue weighted by molar-refractivity contribution is 7.25. The Bertz CT molecular complexity index is 3590. The molecule has 1 aromatic heterocycles. The van der Waals surface area contributed by atoms with Crippen LogP contribution in [-0.2, 0) is 5.41 Å². The summed E-state index contributed by atoms with van der Waals surface area (Å²) in [4.78, 5) is 2.54. The predicted octanol–water partition coefficient (Wildman–Crippen LogP) is 18.2. The molecule has 308 valence electrons. The topological polar surface area (TPSA) is 3.24 Å². The second-order valence-electron chi connectivity index (χ2n) is 17.6. The van der Waals surface area contributed by atoms with Gasteiger partial charge in [-0.3, -0.25) is 0 Å². The summed E-state index contributed by atoms with van der Waals surface area (Å²) in [5.41, 5.74) is 20.5. The van der Waals surface area contributed by atoms with Gasteiger partial charge in [-0.15, -0.1) is 11.3 Å². The molecule has 0 fully saturated rings. The summed E-state index contributed by atoms with van der Waals surface area (Å²) in [6.07, 6.45) is 0. The minimum atomic E-state index is -0.125. The van der Waals surface area contributed by atoms with E-state index in [9.17, 15) is 0 Å². The summed E-state index contributed by atoms with van der Waals surface area (Å²) < 4.78 is 2.61. The minimum absolute atomic E-state index is 0.125. The maximum Gasteiger partial charge on any atom is 0.0540 e. The van der Waals surface area contributed by atoms with Crippen LogP contribution in [0.4, 0.5) is 17.1 Å². The van der Waals surface area contributed by atoms with Crippen molar-refractivity contribution in [2.75, 3.05) is 4.90 Å². The van der Waals surface area contributed by atoms with Gasteiger partial charge >= 0.3 is 0 Å². The molecular weight excluding hydrogens is 803 g/mol. The highest BCUT2D eigenvalue weighted by Gasteiger charge is 2.37. The average Bonchev–Trinajstić information content (AvgIpc) is 3.86. The van der Waals surface area contributed by atoms with Crippen molar-refractivity contribution >= 4 is 48.6 Å². The number of rotatable bonds is 8. The van der Waals surface area contributed by atoms with E-state index in [1.807, 2.05) is 11.3 Å². The Kier molecular flexibility index (Phi) is 9.44. The molecule has 65 heavy (non-hydrogen) atoms. The molecule has 0 radical (unpaired) electrons. The zero-order chi connectivity index (χ0) is 43.5. The quantitative estimate of drug-likeness (QED) is 0.147. The Morgan fingerprint density at radius 3 is 1.48 bits per heavy atom. The molecule has 0 amide bonds. The van der Waals surface area contributed by atoms with Crippen LogP contribution in [0.25, 0.3) is 86.9 Å². The van der Waals surface area contributed by atoms with Crippen molar-refractivity contribution < 1.29 is 0 Å². The SMILES string of the molecule is CC1(C)c2ccccc2-c2c(-c3ccccc3N(c3ccccc3-c3ccc4sc5ccccc5c4c3)c3ccccc3-c3ccccc3-c3ccccc3-c3ccccc3)cccc21. The summed E-state index contributed by atoms with van der Waals surface area (Å²) in [6.45, 7) is 4.74. The van der Waals surface area contributed by atoms with E-state index in [0.29, 0.717) is 0 Å². The van der Waals surface area contributed by atoms with Crippen molar-refractivity contribution in [3.8, 4) is 66.8 Å². The normalized spacial score (nSPS) is 12.6. The fraction of sp³-hybridized carbons (Fsp3) is 0.0476. The average molecular weight is 848 g/mol. The van der Waals surface area contributed by atoms with E-state index in [0.717, 1.165) is 22.6 Å². The van der Waals surface area contributed by atoms with Gasteiger partial charge in [0.1, 0.15) is 0 Å². The Hall–Kier alpha value is -7.78. The Morgan fingerprint density at radius 1 is 0.308 bits per heavy atom. The molecule has 0 saturated heterocycles. The molecule has 12 rings (SSSR count). The second-order valence-corrected chi connectivity index (χ2v) is 18.6. The maximum absolute atomic E-state index is 2.54. The molecule has 0 bridgehead atoms. The van der Waals surface area contributed by atoms with Crippen LogP contribution >= 0.6 is 11.3 Å². The lowest BCUT2D eigenvalue weighted by molar-refractivity contribution is 0.660. The summed E-state index contributed by atoms with van der Waals surface area (Å²) in [5, 5.41) is 2.59. The highest BCUT2D eigenvalue weighted by Crippen LogP contribution is 2.55. The van der Waals surface area contributed by atoms with Gasteiger partial charge in [0, 0.05) is 42.3 Å². The van der Waals surface area contributed by atoms with E-state index in [1.54, 1.807) is 0 Å². The number of fused-ring (bicyclic) bond motifs is 6. The Balaban J connectivity index is 1.13. The monoisotopic (exact) mass is 847 g/mol. The zero-order valence-electron chi connectivity index (χ0n) is 36.4. The van der Waals surface area contributed by atoms with Crippen LogP contribution in [0.3, 0.4) is 0 Å². The number of hydrogen-bond acceptors (Lipinski definition) is 2. The molecule has 0 saturated carbocycles. The summed E-state index contributed by atoms with van der Waals surface area (Å²) in [6, 6.07) is 87.3. The molecule has 1 aliphatic carbocycles. The number of thiophene rings is 1. The molecule has 0 spiro atoms. The zero-order valence-corrected chi connectivity index (χ0v) is 37.2. The van der Waals surface area contributed by atoms with Crippen LogP contribution in [0.15, 0.2) is 237 Å². The molecular formula is C63H45NS. The molecule has 1 heterocycles. The second kappa shape index (κ2) is 15.8. The molecule has 2 heteroatoms. The molecule has 11 aromatic rings. The number of benzene rings is 10. The summed E-state index contributed by atoms with van der Waals surface area (Å²) in [7, 11) is 0. The van der Waals surface area contributed by atoms with Crippen molar-refractivity contribution in [2.45, 2.75) is 19.3 Å². The lowest BCUT2D eigenvalue weighted by Crippen LogP contribution is -2.15. The number of para-hydroxylation sites is 3. The molecule has 10 aromatic carbocycles. The first-order valence-electron chi connectivity index (χ1n) is 22.5. The first-order chi connectivity index (χ1) is 32.0. The van der Waals surface area contributed by atoms with Crippen molar-refractivity contribution in [3.05, 3.63) is 248 Å². The maximum atomic E-state index is 2.54. The van der Waals surface area contributed by atoms with E-state index in [-0.39, 0.29) is 5.41 Å². The Labute approximate surface area is 385 Å². The van der Waals surface area contributed by atoms with Gasteiger partial charge in [-0.05, 0) is 97.6 Å². The van der Waals surface area contributed by atoms with Gasteiger partial charge in [0.2, 0.25) is 0 Å². The van der Waals surface area contributed by atoms with Crippen LogP contribution < -0.4 is 4.90 Å². The van der Waals surface area contributed by atoms with E-state index < -0.39 is 0 Å². The lowest BCUT2D eigenvalue weighted by Gasteiger charge is -2.32. The number of nitrogens with zero attached hydrogens (tertiary/aromatic N) is 1. The third-order valence-corrected chi connectivity index (χ3v) is 14.7. The summed E-state index contributed by atoms with van der Waals surface area (Å²) in [5.74, 6) is 0. The first-order valence-corrected chi connectivity index (χ1v) is 23.3. The van der Waals surface area contributed by atoms with E-state index in [1.165, 1.54) is 92.5 Å². The predicted molar refractivity (Wildman–Crippen MR) is 279 cm³/mol. The standard InChI is InChI=1S/C63H45NS/c1-63(2)55-33-15-10-31-53(55)62-52(32-20-34-56(62)63)50-29-13-18-37-59(50)64(57-35-16-11-24-45(57)43-39-40-61-54(41-43)51-30-14-19-38-60(51)65-61)58-36-17-12-28-49(58)48-27-9-8-26-47(48)46-25-7-6-23-44(46)42-21-4-3-5-22-42/h3-41H,1-2H3. The third kappa shape index (κ3) is 6.44. The van der Waals surface area contributed by atoms with Crippen molar-refractivity contribution in [1.82, 2.24) is 0 Å². The fourth-order valence-electron chi connectivity index (χ4n) is 10.5. The molecule has 0 unspecified atom stereocenters. The van der Waals surface area contributed by atoms with Crippen LogP contribution in [0.5, 0.6) is 0 Å².